The molecule has 4 rings (SSSR count). The van der Waals surface area contributed by atoms with Gasteiger partial charge in [-0.2, -0.15) is 0 Å². The van der Waals surface area contributed by atoms with Gasteiger partial charge in [0.1, 0.15) is 0 Å². The van der Waals surface area contributed by atoms with Gasteiger partial charge in [-0.05, 0) is 48.4 Å². The van der Waals surface area contributed by atoms with Gasteiger partial charge in [0.05, 0.1) is 5.00 Å². The highest BCUT2D eigenvalue weighted by Gasteiger charge is 2.12. The van der Waals surface area contributed by atoms with Crippen LogP contribution in [0.15, 0.2) is 36.4 Å². The van der Waals surface area contributed by atoms with Crippen LogP contribution in [0.1, 0.15) is 58.6 Å². The third kappa shape index (κ3) is 4.45. The van der Waals surface area contributed by atoms with Crippen LogP contribution in [0.2, 0.25) is 0 Å². The fourth-order valence-corrected chi connectivity index (χ4v) is 3.88. The van der Waals surface area contributed by atoms with Gasteiger partial charge in [-0.25, -0.2) is 0 Å². The van der Waals surface area contributed by atoms with E-state index >= 15 is 0 Å². The molecule has 0 aliphatic heterocycles. The Balaban J connectivity index is 0.000000165. The first-order chi connectivity index (χ1) is 11.8. The molecule has 2 aliphatic rings. The lowest BCUT2D eigenvalue weighted by atomic mass is 10.0. The molecule has 1 aromatic heterocycles. The summed E-state index contributed by atoms with van der Waals surface area (Å²) in [6.45, 7) is 4.00. The number of hydrogen-bond acceptors (Lipinski definition) is 3. The SMILES string of the molecule is CC.Nc1cc2c(s1)CCC2.O=Cc1cccc2c1C=CCC=C2. The van der Waals surface area contributed by atoms with Crippen molar-refractivity contribution >= 4 is 34.8 Å². The number of fused-ring (bicyclic) bond motifs is 2. The van der Waals surface area contributed by atoms with Gasteiger partial charge in [0.25, 0.3) is 0 Å². The molecule has 2 nitrogen and oxygen atoms in total. The Hall–Kier alpha value is -2.13. The van der Waals surface area contributed by atoms with E-state index in [1.807, 2.05) is 38.1 Å². The number of aldehydes is 1. The molecule has 2 aromatic rings. The zero-order valence-corrected chi connectivity index (χ0v) is 15.2. The number of aryl methyl sites for hydroxylation is 2. The summed E-state index contributed by atoms with van der Waals surface area (Å²) in [6, 6.07) is 7.89. The first kappa shape index (κ1) is 18.2. The topological polar surface area (TPSA) is 43.1 Å². The van der Waals surface area contributed by atoms with Crippen LogP contribution >= 0.6 is 11.3 Å². The van der Waals surface area contributed by atoms with E-state index in [2.05, 4.69) is 24.3 Å². The Morgan fingerprint density at radius 1 is 1.12 bits per heavy atom. The van der Waals surface area contributed by atoms with Crippen LogP contribution < -0.4 is 5.73 Å². The van der Waals surface area contributed by atoms with Crippen molar-refractivity contribution in [2.45, 2.75) is 39.5 Å². The largest absolute Gasteiger partial charge is 0.391 e. The Kier molecular flexibility index (Phi) is 7.01. The summed E-state index contributed by atoms with van der Waals surface area (Å²) in [7, 11) is 0. The third-order valence-corrected chi connectivity index (χ3v) is 4.99. The molecule has 0 bridgehead atoms. The van der Waals surface area contributed by atoms with E-state index in [4.69, 9.17) is 5.73 Å². The van der Waals surface area contributed by atoms with Gasteiger partial charge in [-0.1, -0.05) is 56.4 Å². The molecule has 2 N–H and O–H groups in total. The molecule has 1 heterocycles. The summed E-state index contributed by atoms with van der Waals surface area (Å²) in [5.74, 6) is 0. The van der Waals surface area contributed by atoms with E-state index in [-0.39, 0.29) is 0 Å². The summed E-state index contributed by atoms with van der Waals surface area (Å²) in [5, 5.41) is 0.986. The Bertz CT molecular complexity index is 719. The summed E-state index contributed by atoms with van der Waals surface area (Å²) in [4.78, 5) is 12.3. The molecule has 0 saturated heterocycles. The molecule has 0 fully saturated rings. The van der Waals surface area contributed by atoms with Gasteiger partial charge in [0.2, 0.25) is 0 Å². The van der Waals surface area contributed by atoms with Crippen molar-refractivity contribution in [2.75, 3.05) is 5.73 Å². The average Bonchev–Trinajstić information content (AvgIpc) is 3.08. The molecule has 2 aliphatic carbocycles. The zero-order chi connectivity index (χ0) is 17.4. The van der Waals surface area contributed by atoms with Crippen LogP contribution in [0, 0.1) is 0 Å². The number of benzene rings is 1. The van der Waals surface area contributed by atoms with E-state index in [1.165, 1.54) is 29.7 Å². The number of rotatable bonds is 1. The van der Waals surface area contributed by atoms with Gasteiger partial charge >= 0.3 is 0 Å². The van der Waals surface area contributed by atoms with E-state index in [0.29, 0.717) is 0 Å². The minimum atomic E-state index is 0.764. The maximum atomic E-state index is 10.7. The molecule has 0 radical (unpaired) electrons. The highest BCUT2D eigenvalue weighted by atomic mass is 32.1. The van der Waals surface area contributed by atoms with Crippen molar-refractivity contribution in [1.82, 2.24) is 0 Å². The quantitative estimate of drug-likeness (QED) is 0.670. The van der Waals surface area contributed by atoms with Crippen molar-refractivity contribution < 1.29 is 4.79 Å². The lowest BCUT2D eigenvalue weighted by Gasteiger charge is -2.02. The Morgan fingerprint density at radius 3 is 2.67 bits per heavy atom. The number of nitrogen functional groups attached to an aromatic ring is 1. The van der Waals surface area contributed by atoms with Crippen molar-refractivity contribution in [3.8, 4) is 0 Å². The number of allylic oxidation sites excluding steroid dienone is 2. The van der Waals surface area contributed by atoms with E-state index in [1.54, 1.807) is 11.3 Å². The van der Waals surface area contributed by atoms with Gasteiger partial charge in [0, 0.05) is 10.4 Å². The minimum Gasteiger partial charge on any atom is -0.391 e. The molecule has 0 saturated carbocycles. The van der Waals surface area contributed by atoms with Crippen LogP contribution in [-0.4, -0.2) is 6.29 Å². The first-order valence-corrected chi connectivity index (χ1v) is 9.38. The number of anilines is 1. The lowest BCUT2D eigenvalue weighted by molar-refractivity contribution is 0.112. The Morgan fingerprint density at radius 2 is 1.92 bits per heavy atom. The summed E-state index contributed by atoms with van der Waals surface area (Å²) in [5.41, 5.74) is 10.0. The molecule has 0 spiro atoms. The molecule has 3 heteroatoms. The predicted molar refractivity (Wildman–Crippen MR) is 107 cm³/mol. The summed E-state index contributed by atoms with van der Waals surface area (Å²) >= 11 is 1.75. The van der Waals surface area contributed by atoms with Crippen LogP contribution in [0.4, 0.5) is 5.00 Å². The maximum absolute atomic E-state index is 10.7. The second kappa shape index (κ2) is 9.24. The second-order valence-corrected chi connectivity index (χ2v) is 6.63. The number of thiophene rings is 1. The summed E-state index contributed by atoms with van der Waals surface area (Å²) in [6.07, 6.45) is 13.9. The minimum absolute atomic E-state index is 0.764. The van der Waals surface area contributed by atoms with Crippen molar-refractivity contribution in [1.29, 1.82) is 0 Å². The maximum Gasteiger partial charge on any atom is 0.150 e. The summed E-state index contributed by atoms with van der Waals surface area (Å²) < 4.78 is 0. The van der Waals surface area contributed by atoms with Gasteiger partial charge in [-0.15, -0.1) is 11.3 Å². The van der Waals surface area contributed by atoms with E-state index in [9.17, 15) is 4.79 Å². The molecule has 1 aromatic carbocycles. The highest BCUT2D eigenvalue weighted by Crippen LogP contribution is 2.31. The third-order valence-electron chi connectivity index (χ3n) is 3.92. The molecule has 24 heavy (non-hydrogen) atoms. The lowest BCUT2D eigenvalue weighted by Crippen LogP contribution is -1.88. The zero-order valence-electron chi connectivity index (χ0n) is 14.4. The van der Waals surface area contributed by atoms with E-state index in [0.717, 1.165) is 34.4 Å². The van der Waals surface area contributed by atoms with Crippen molar-refractivity contribution in [3.63, 3.8) is 0 Å². The van der Waals surface area contributed by atoms with Crippen LogP contribution in [0.25, 0.3) is 12.2 Å². The normalized spacial score (nSPS) is 13.6. The fraction of sp³-hybridized carbons (Fsp3) is 0.286. The standard InChI is InChI=1S/C12H10O.C7H9NS.C2H6/c13-9-11-7-4-6-10-5-2-1-3-8-12(10)11;8-7-4-5-2-1-3-6(5)9-7;1-2/h2-9H,1H2;4H,1-3,8H2;1-2H3. The molecular weight excluding hydrogens is 314 g/mol. The number of carbonyl (C=O) groups is 1. The first-order valence-electron chi connectivity index (χ1n) is 8.56. The fourth-order valence-electron chi connectivity index (χ4n) is 2.85. The number of hydrogen-bond donors (Lipinski definition) is 1. The highest BCUT2D eigenvalue weighted by molar-refractivity contribution is 7.16. The van der Waals surface area contributed by atoms with Crippen molar-refractivity contribution in [2.24, 2.45) is 0 Å². The van der Waals surface area contributed by atoms with Crippen LogP contribution in [0.3, 0.4) is 0 Å². The van der Waals surface area contributed by atoms with Gasteiger partial charge < -0.3 is 5.73 Å². The molecule has 0 atom stereocenters. The van der Waals surface area contributed by atoms with Crippen molar-refractivity contribution in [3.05, 3.63) is 63.5 Å². The van der Waals surface area contributed by atoms with Crippen LogP contribution in [0.5, 0.6) is 0 Å². The average molecular weight is 340 g/mol. The number of nitrogens with two attached hydrogens (primary N) is 1. The van der Waals surface area contributed by atoms with Crippen LogP contribution in [-0.2, 0) is 12.8 Å². The predicted octanol–water partition coefficient (Wildman–Crippen LogP) is 5.77. The Labute approximate surface area is 148 Å². The second-order valence-electron chi connectivity index (χ2n) is 5.46. The smallest absolute Gasteiger partial charge is 0.150 e. The molecule has 126 valence electrons. The van der Waals surface area contributed by atoms with E-state index < -0.39 is 0 Å². The molecule has 0 unspecified atom stereocenters. The molecular formula is C21H25NOS. The molecule has 0 amide bonds. The van der Waals surface area contributed by atoms with Gasteiger partial charge in [0.15, 0.2) is 6.29 Å². The number of carbonyl (C=O) groups excluding carboxylic acids is 1. The van der Waals surface area contributed by atoms with Gasteiger partial charge in [-0.3, -0.25) is 4.79 Å². The monoisotopic (exact) mass is 339 g/mol.